The van der Waals surface area contributed by atoms with Gasteiger partial charge in [0.25, 0.3) is 0 Å². The average Bonchev–Trinajstić information content (AvgIpc) is 3.32. The monoisotopic (exact) mass is 452 g/mol. The Morgan fingerprint density at radius 1 is 0.794 bits per heavy atom. The minimum Gasteiger partial charge on any atom is -0.359 e. The summed E-state index contributed by atoms with van der Waals surface area (Å²) in [5.74, 6) is -0.490. The Morgan fingerprint density at radius 2 is 1.32 bits per heavy atom. The van der Waals surface area contributed by atoms with Crippen molar-refractivity contribution < 1.29 is 14.4 Å². The van der Waals surface area contributed by atoms with E-state index in [1.54, 1.807) is 24.3 Å². The van der Waals surface area contributed by atoms with Crippen molar-refractivity contribution in [2.75, 3.05) is 16.0 Å². The van der Waals surface area contributed by atoms with Gasteiger partial charge in [-0.1, -0.05) is 36.4 Å². The highest BCUT2D eigenvalue weighted by atomic mass is 16.2. The first-order chi connectivity index (χ1) is 16.3. The van der Waals surface area contributed by atoms with E-state index in [0.29, 0.717) is 11.4 Å². The van der Waals surface area contributed by atoms with Crippen molar-refractivity contribution in [3.63, 3.8) is 0 Å². The molecule has 34 heavy (non-hydrogen) atoms. The number of carbonyl (C=O) groups excluding carboxylic acids is 3. The number of aromatic amines is 1. The van der Waals surface area contributed by atoms with Crippen molar-refractivity contribution in [2.24, 2.45) is 0 Å². The van der Waals surface area contributed by atoms with E-state index < -0.39 is 5.41 Å². The molecule has 0 aliphatic carbocycles. The molecule has 4 aromatic rings. The van der Waals surface area contributed by atoms with Crippen molar-refractivity contribution in [1.29, 1.82) is 0 Å². The molecule has 5 rings (SSSR count). The van der Waals surface area contributed by atoms with Gasteiger partial charge in [0.2, 0.25) is 17.7 Å². The molecule has 1 aliphatic rings. The first-order valence-electron chi connectivity index (χ1n) is 11.0. The number of aromatic nitrogens is 1. The molecule has 3 amide bonds. The summed E-state index contributed by atoms with van der Waals surface area (Å²) in [6.07, 6.45) is 1.93. The van der Waals surface area contributed by atoms with Gasteiger partial charge in [-0.05, 0) is 47.9 Å². The van der Waals surface area contributed by atoms with Gasteiger partial charge >= 0.3 is 0 Å². The van der Waals surface area contributed by atoms with E-state index >= 15 is 0 Å². The Morgan fingerprint density at radius 3 is 1.82 bits per heavy atom. The number of fused-ring (bicyclic) bond motifs is 3. The zero-order chi connectivity index (χ0) is 24.0. The summed E-state index contributed by atoms with van der Waals surface area (Å²) in [6.45, 7) is 4.93. The smallest absolute Gasteiger partial charge is 0.244 e. The van der Waals surface area contributed by atoms with Crippen LogP contribution < -0.4 is 16.0 Å². The average molecular weight is 453 g/mol. The zero-order valence-electron chi connectivity index (χ0n) is 19.1. The van der Waals surface area contributed by atoms with Crippen LogP contribution in [0.25, 0.3) is 10.9 Å². The predicted molar refractivity (Wildman–Crippen MR) is 133 cm³/mol. The Balaban J connectivity index is 1.74. The fraction of sp³-hybridized carbons (Fsp3) is 0.148. The van der Waals surface area contributed by atoms with E-state index in [1.807, 2.05) is 49.5 Å². The normalized spacial score (nSPS) is 13.9. The second-order valence-corrected chi connectivity index (χ2v) is 8.60. The van der Waals surface area contributed by atoms with Crippen LogP contribution in [0.4, 0.5) is 17.1 Å². The molecule has 3 aromatic carbocycles. The number of nitrogens with one attached hydrogen (secondary N) is 4. The Bertz CT molecular complexity index is 1390. The molecule has 0 radical (unpaired) electrons. The molecule has 1 aromatic heterocycles. The van der Waals surface area contributed by atoms with Crippen LogP contribution in [0.3, 0.4) is 0 Å². The molecule has 170 valence electrons. The molecule has 0 fully saturated rings. The zero-order valence-corrected chi connectivity index (χ0v) is 19.1. The van der Waals surface area contributed by atoms with Gasteiger partial charge in [-0.15, -0.1) is 0 Å². The molecular formula is C27H24N4O3. The summed E-state index contributed by atoms with van der Waals surface area (Å²) < 4.78 is 0. The maximum absolute atomic E-state index is 13.9. The number of rotatable bonds is 4. The number of amides is 3. The number of hydrogen-bond acceptors (Lipinski definition) is 3. The largest absolute Gasteiger partial charge is 0.359 e. The summed E-state index contributed by atoms with van der Waals surface area (Å²) in [4.78, 5) is 40.1. The maximum atomic E-state index is 13.9. The first-order valence-corrected chi connectivity index (χ1v) is 11.0. The van der Waals surface area contributed by atoms with Gasteiger partial charge in [0.1, 0.15) is 5.41 Å². The third-order valence-electron chi connectivity index (χ3n) is 6.32. The maximum Gasteiger partial charge on any atom is 0.244 e. The van der Waals surface area contributed by atoms with Crippen molar-refractivity contribution in [2.45, 2.75) is 26.2 Å². The molecule has 2 heterocycles. The lowest BCUT2D eigenvalue weighted by Crippen LogP contribution is -2.37. The summed E-state index contributed by atoms with van der Waals surface area (Å²) in [5, 5.41) is 9.72. The molecule has 0 saturated carbocycles. The second kappa shape index (κ2) is 7.88. The van der Waals surface area contributed by atoms with Crippen LogP contribution in [0.1, 0.15) is 36.1 Å². The van der Waals surface area contributed by atoms with Crippen molar-refractivity contribution in [3.05, 3.63) is 89.1 Å². The lowest BCUT2D eigenvalue weighted by atomic mass is 9.70. The van der Waals surface area contributed by atoms with Crippen LogP contribution in [-0.2, 0) is 19.8 Å². The number of aryl methyl sites for hydroxylation is 1. The van der Waals surface area contributed by atoms with Crippen LogP contribution in [-0.4, -0.2) is 22.7 Å². The SMILES string of the molecule is CC(=O)Nc1ccc(C2(c3ccc(NC(C)=O)cc3)C(=O)Nc3c2ccc2c(C)c[nH]c32)cc1. The minimum absolute atomic E-state index is 0.163. The van der Waals surface area contributed by atoms with E-state index in [9.17, 15) is 14.4 Å². The molecule has 0 unspecified atom stereocenters. The fourth-order valence-electron chi connectivity index (χ4n) is 4.86. The van der Waals surface area contributed by atoms with E-state index in [4.69, 9.17) is 0 Å². The van der Waals surface area contributed by atoms with Gasteiger partial charge in [-0.2, -0.15) is 0 Å². The van der Waals surface area contributed by atoms with Crippen molar-refractivity contribution >= 4 is 45.7 Å². The third kappa shape index (κ3) is 3.25. The van der Waals surface area contributed by atoms with Crippen LogP contribution in [0.5, 0.6) is 0 Å². The fourth-order valence-corrected chi connectivity index (χ4v) is 4.86. The van der Waals surface area contributed by atoms with Gasteiger partial charge in [0, 0.05) is 42.4 Å². The first kappa shape index (κ1) is 21.5. The van der Waals surface area contributed by atoms with E-state index in [0.717, 1.165) is 38.8 Å². The third-order valence-corrected chi connectivity index (χ3v) is 6.32. The van der Waals surface area contributed by atoms with Crippen LogP contribution in [0.2, 0.25) is 0 Å². The standard InChI is InChI=1S/C27H24N4O3/c1-15-14-28-24-22(15)12-13-23-25(24)31-26(34)27(23,18-4-8-20(9-5-18)29-16(2)32)19-6-10-21(11-7-19)30-17(3)33/h4-14,28H,1-3H3,(H,29,32)(H,30,33)(H,31,34). The lowest BCUT2D eigenvalue weighted by Gasteiger charge is -2.29. The van der Waals surface area contributed by atoms with E-state index in [-0.39, 0.29) is 17.7 Å². The number of hydrogen-bond donors (Lipinski definition) is 4. The highest BCUT2D eigenvalue weighted by Gasteiger charge is 2.50. The number of carbonyl (C=O) groups is 3. The predicted octanol–water partition coefficient (Wildman–Crippen LogP) is 4.68. The van der Waals surface area contributed by atoms with E-state index in [1.165, 1.54) is 13.8 Å². The quantitative estimate of drug-likeness (QED) is 0.361. The molecule has 0 saturated heterocycles. The van der Waals surface area contributed by atoms with Gasteiger partial charge in [0.05, 0.1) is 11.2 Å². The highest BCUT2D eigenvalue weighted by molar-refractivity contribution is 6.16. The van der Waals surface area contributed by atoms with Gasteiger partial charge < -0.3 is 20.9 Å². The molecule has 0 atom stereocenters. The van der Waals surface area contributed by atoms with E-state index in [2.05, 4.69) is 20.9 Å². The van der Waals surface area contributed by atoms with Crippen molar-refractivity contribution in [1.82, 2.24) is 4.98 Å². The molecule has 0 bridgehead atoms. The Kier molecular flexibility index (Phi) is 4.97. The van der Waals surface area contributed by atoms with Crippen LogP contribution in [0.15, 0.2) is 66.9 Å². The second-order valence-electron chi connectivity index (χ2n) is 8.60. The summed E-state index contributed by atoms with van der Waals surface area (Å²) in [5.41, 5.74) is 5.33. The van der Waals surface area contributed by atoms with Crippen molar-refractivity contribution in [3.8, 4) is 0 Å². The molecule has 7 nitrogen and oxygen atoms in total. The molecule has 0 spiro atoms. The Hall–Kier alpha value is -4.39. The molecular weight excluding hydrogens is 428 g/mol. The van der Waals surface area contributed by atoms with Gasteiger partial charge in [-0.3, -0.25) is 14.4 Å². The summed E-state index contributed by atoms with van der Waals surface area (Å²) in [6, 6.07) is 18.7. The van der Waals surface area contributed by atoms with Crippen LogP contribution in [0, 0.1) is 6.92 Å². The molecule has 1 aliphatic heterocycles. The summed E-state index contributed by atoms with van der Waals surface area (Å²) in [7, 11) is 0. The lowest BCUT2D eigenvalue weighted by molar-refractivity contribution is -0.118. The highest BCUT2D eigenvalue weighted by Crippen LogP contribution is 2.50. The number of benzene rings is 3. The number of anilines is 3. The molecule has 7 heteroatoms. The van der Waals surface area contributed by atoms with Crippen LogP contribution >= 0.6 is 0 Å². The topological polar surface area (TPSA) is 103 Å². The van der Waals surface area contributed by atoms with Gasteiger partial charge in [0.15, 0.2) is 0 Å². The minimum atomic E-state index is -1.11. The number of H-pyrrole nitrogens is 1. The molecule has 4 N–H and O–H groups in total. The van der Waals surface area contributed by atoms with Gasteiger partial charge in [-0.25, -0.2) is 0 Å². The Labute approximate surface area is 196 Å². The summed E-state index contributed by atoms with van der Waals surface area (Å²) >= 11 is 0.